The number of carbonyl (C=O) groups excluding carboxylic acids is 1. The predicted octanol–water partition coefficient (Wildman–Crippen LogP) is 3.37. The van der Waals surface area contributed by atoms with E-state index in [9.17, 15) is 4.79 Å². The second-order valence-electron chi connectivity index (χ2n) is 5.25. The Morgan fingerprint density at radius 3 is 3.00 bits per heavy atom. The molecule has 1 aromatic rings. The number of ether oxygens (including phenoxy) is 1. The van der Waals surface area contributed by atoms with Crippen molar-refractivity contribution in [3.05, 3.63) is 28.2 Å². The highest BCUT2D eigenvalue weighted by atomic mass is 79.9. The molecule has 1 saturated heterocycles. The van der Waals surface area contributed by atoms with Gasteiger partial charge < -0.3 is 4.74 Å². The van der Waals surface area contributed by atoms with E-state index in [1.54, 1.807) is 7.11 Å². The Bertz CT molecular complexity index is 461. The van der Waals surface area contributed by atoms with Gasteiger partial charge in [-0.05, 0) is 43.5 Å². The Morgan fingerprint density at radius 1 is 1.53 bits per heavy atom. The fraction of sp³-hybridized carbons (Fsp3) is 0.533. The normalized spacial score (nSPS) is 20.3. The number of piperidine rings is 1. The van der Waals surface area contributed by atoms with Crippen LogP contribution in [0.25, 0.3) is 0 Å². The van der Waals surface area contributed by atoms with Crippen LogP contribution >= 0.6 is 15.9 Å². The summed E-state index contributed by atoms with van der Waals surface area (Å²) in [5.74, 6) is 1.47. The van der Waals surface area contributed by atoms with E-state index < -0.39 is 0 Å². The number of hydrogen-bond donors (Lipinski definition) is 0. The van der Waals surface area contributed by atoms with Crippen LogP contribution in [0.15, 0.2) is 22.7 Å². The molecular weight excluding hydrogens is 306 g/mol. The van der Waals surface area contributed by atoms with Gasteiger partial charge in [-0.25, -0.2) is 0 Å². The number of methoxy groups -OCH3 is 1. The van der Waals surface area contributed by atoms with E-state index >= 15 is 0 Å². The Morgan fingerprint density at radius 2 is 2.32 bits per heavy atom. The lowest BCUT2D eigenvalue weighted by Gasteiger charge is -2.30. The Kier molecular flexibility index (Phi) is 4.99. The third-order valence-corrected chi connectivity index (χ3v) is 4.06. The van der Waals surface area contributed by atoms with Crippen LogP contribution in [0.2, 0.25) is 0 Å². The molecule has 1 unspecified atom stereocenters. The summed E-state index contributed by atoms with van der Waals surface area (Å²) < 4.78 is 6.18. The fourth-order valence-electron chi connectivity index (χ4n) is 2.62. The SMILES string of the molecule is COc1ccc(Br)cc1C(=O)CN1CCCC(C)C1. The van der Waals surface area contributed by atoms with Gasteiger partial charge in [0, 0.05) is 11.0 Å². The van der Waals surface area contributed by atoms with Crippen molar-refractivity contribution in [3.8, 4) is 5.75 Å². The largest absolute Gasteiger partial charge is 0.496 e. The smallest absolute Gasteiger partial charge is 0.180 e. The van der Waals surface area contributed by atoms with E-state index in [-0.39, 0.29) is 5.78 Å². The van der Waals surface area contributed by atoms with Crippen LogP contribution in [-0.2, 0) is 0 Å². The minimum Gasteiger partial charge on any atom is -0.496 e. The summed E-state index contributed by atoms with van der Waals surface area (Å²) in [6.07, 6.45) is 2.45. The van der Waals surface area contributed by atoms with E-state index in [1.807, 2.05) is 18.2 Å². The zero-order valence-electron chi connectivity index (χ0n) is 11.5. The summed E-state index contributed by atoms with van der Waals surface area (Å²) in [6, 6.07) is 5.56. The van der Waals surface area contributed by atoms with Crippen molar-refractivity contribution in [3.63, 3.8) is 0 Å². The number of ketones is 1. The number of rotatable bonds is 4. The van der Waals surface area contributed by atoms with Crippen molar-refractivity contribution in [2.45, 2.75) is 19.8 Å². The number of nitrogens with zero attached hydrogens (tertiary/aromatic N) is 1. The second-order valence-corrected chi connectivity index (χ2v) is 6.17. The molecule has 1 heterocycles. The summed E-state index contributed by atoms with van der Waals surface area (Å²) in [6.45, 7) is 4.77. The number of benzene rings is 1. The monoisotopic (exact) mass is 325 g/mol. The van der Waals surface area contributed by atoms with Gasteiger partial charge in [0.05, 0.1) is 19.2 Å². The van der Waals surface area contributed by atoms with Crippen molar-refractivity contribution in [1.29, 1.82) is 0 Å². The molecule has 1 aliphatic heterocycles. The zero-order chi connectivity index (χ0) is 13.8. The zero-order valence-corrected chi connectivity index (χ0v) is 13.1. The molecule has 0 N–H and O–H groups in total. The first-order valence-corrected chi connectivity index (χ1v) is 7.48. The van der Waals surface area contributed by atoms with Gasteiger partial charge in [-0.1, -0.05) is 22.9 Å². The Hall–Kier alpha value is -0.870. The topological polar surface area (TPSA) is 29.5 Å². The molecule has 3 nitrogen and oxygen atoms in total. The summed E-state index contributed by atoms with van der Waals surface area (Å²) in [5.41, 5.74) is 0.662. The number of Topliss-reactive ketones (excluding diaryl/α,β-unsaturated/α-hetero) is 1. The Balaban J connectivity index is 2.09. The number of halogens is 1. The molecule has 0 spiro atoms. The fourth-order valence-corrected chi connectivity index (χ4v) is 2.98. The molecule has 0 aromatic heterocycles. The molecular formula is C15H20BrNO2. The van der Waals surface area contributed by atoms with Crippen LogP contribution in [0.4, 0.5) is 0 Å². The van der Waals surface area contributed by atoms with Crippen LogP contribution in [0, 0.1) is 5.92 Å². The molecule has 1 atom stereocenters. The molecule has 4 heteroatoms. The average Bonchev–Trinajstić information content (AvgIpc) is 2.38. The number of likely N-dealkylation sites (tertiary alicyclic amines) is 1. The molecule has 2 rings (SSSR count). The third-order valence-electron chi connectivity index (χ3n) is 3.57. The van der Waals surface area contributed by atoms with E-state index in [4.69, 9.17) is 4.74 Å². The van der Waals surface area contributed by atoms with E-state index in [2.05, 4.69) is 27.8 Å². The highest BCUT2D eigenvalue weighted by Gasteiger charge is 2.21. The summed E-state index contributed by atoms with van der Waals surface area (Å²) in [4.78, 5) is 14.7. The second kappa shape index (κ2) is 6.53. The van der Waals surface area contributed by atoms with Gasteiger partial charge in [0.2, 0.25) is 0 Å². The average molecular weight is 326 g/mol. The van der Waals surface area contributed by atoms with Crippen molar-refractivity contribution < 1.29 is 9.53 Å². The molecule has 0 saturated carbocycles. The van der Waals surface area contributed by atoms with Crippen molar-refractivity contribution in [2.75, 3.05) is 26.7 Å². The maximum absolute atomic E-state index is 12.4. The van der Waals surface area contributed by atoms with E-state index in [1.165, 1.54) is 12.8 Å². The van der Waals surface area contributed by atoms with Crippen LogP contribution in [0.5, 0.6) is 5.75 Å². The molecule has 0 aliphatic carbocycles. The molecule has 0 radical (unpaired) electrons. The predicted molar refractivity (Wildman–Crippen MR) is 79.9 cm³/mol. The minimum atomic E-state index is 0.132. The summed E-state index contributed by atoms with van der Waals surface area (Å²) in [7, 11) is 1.60. The first kappa shape index (κ1) is 14.5. The van der Waals surface area contributed by atoms with Gasteiger partial charge in [-0.3, -0.25) is 9.69 Å². The first-order valence-electron chi connectivity index (χ1n) is 6.69. The van der Waals surface area contributed by atoms with Crippen LogP contribution < -0.4 is 4.74 Å². The van der Waals surface area contributed by atoms with Gasteiger partial charge in [0.1, 0.15) is 5.75 Å². The first-order chi connectivity index (χ1) is 9.10. The quantitative estimate of drug-likeness (QED) is 0.795. The van der Waals surface area contributed by atoms with Gasteiger partial charge in [0.25, 0.3) is 0 Å². The van der Waals surface area contributed by atoms with Gasteiger partial charge in [-0.15, -0.1) is 0 Å². The van der Waals surface area contributed by atoms with Gasteiger partial charge in [0.15, 0.2) is 5.78 Å². The molecule has 19 heavy (non-hydrogen) atoms. The third kappa shape index (κ3) is 3.80. The van der Waals surface area contributed by atoms with Crippen molar-refractivity contribution in [2.24, 2.45) is 5.92 Å². The molecule has 1 aliphatic rings. The molecule has 0 amide bonds. The standard InChI is InChI=1S/C15H20BrNO2/c1-11-4-3-7-17(9-11)10-14(18)13-8-12(16)5-6-15(13)19-2/h5-6,8,11H,3-4,7,9-10H2,1-2H3. The number of carbonyl (C=O) groups is 1. The minimum absolute atomic E-state index is 0.132. The van der Waals surface area contributed by atoms with Crippen molar-refractivity contribution in [1.82, 2.24) is 4.90 Å². The van der Waals surface area contributed by atoms with E-state index in [0.29, 0.717) is 23.8 Å². The summed E-state index contributed by atoms with van der Waals surface area (Å²) in [5, 5.41) is 0. The molecule has 1 fully saturated rings. The maximum Gasteiger partial charge on any atom is 0.180 e. The van der Waals surface area contributed by atoms with Gasteiger partial charge >= 0.3 is 0 Å². The van der Waals surface area contributed by atoms with Crippen LogP contribution in [-0.4, -0.2) is 37.4 Å². The highest BCUT2D eigenvalue weighted by molar-refractivity contribution is 9.10. The molecule has 104 valence electrons. The van der Waals surface area contributed by atoms with Crippen LogP contribution in [0.1, 0.15) is 30.1 Å². The summed E-state index contributed by atoms with van der Waals surface area (Å²) >= 11 is 3.41. The van der Waals surface area contributed by atoms with E-state index in [0.717, 1.165) is 17.6 Å². The molecule has 0 bridgehead atoms. The Labute approximate surface area is 123 Å². The highest BCUT2D eigenvalue weighted by Crippen LogP contribution is 2.24. The number of hydrogen-bond acceptors (Lipinski definition) is 3. The maximum atomic E-state index is 12.4. The lowest BCUT2D eigenvalue weighted by Crippen LogP contribution is -2.38. The van der Waals surface area contributed by atoms with Gasteiger partial charge in [-0.2, -0.15) is 0 Å². The lowest BCUT2D eigenvalue weighted by atomic mass is 9.99. The van der Waals surface area contributed by atoms with Crippen LogP contribution in [0.3, 0.4) is 0 Å². The molecule has 1 aromatic carbocycles. The van der Waals surface area contributed by atoms with Crippen molar-refractivity contribution >= 4 is 21.7 Å². The lowest BCUT2D eigenvalue weighted by molar-refractivity contribution is 0.0890.